The summed E-state index contributed by atoms with van der Waals surface area (Å²) in [4.78, 5) is 10.0. The van der Waals surface area contributed by atoms with Gasteiger partial charge in [-0.2, -0.15) is 0 Å². The van der Waals surface area contributed by atoms with E-state index in [0.717, 1.165) is 12.1 Å². The lowest BCUT2D eigenvalue weighted by Crippen LogP contribution is -2.26. The van der Waals surface area contributed by atoms with Crippen LogP contribution in [0.5, 0.6) is 0 Å². The zero-order valence-corrected chi connectivity index (χ0v) is 11.9. The number of hydrogen-bond acceptors (Lipinski definition) is 5. The van der Waals surface area contributed by atoms with E-state index in [1.807, 2.05) is 0 Å². The quantitative estimate of drug-likeness (QED) is 0.560. The number of aromatic carboxylic acids is 1. The standard InChI is InChI=1S/C12H16FNO6S/c13-10-8-9(12(16)17)2-3-11(10)21(18,19)14-4-1-6-20-7-5-15/h2-3,8,14-15H,1,4-7H2,(H,16,17). The van der Waals surface area contributed by atoms with Gasteiger partial charge in [0.2, 0.25) is 10.0 Å². The minimum atomic E-state index is -4.05. The zero-order valence-electron chi connectivity index (χ0n) is 11.1. The lowest BCUT2D eigenvalue weighted by atomic mass is 10.2. The number of benzene rings is 1. The molecule has 0 aliphatic rings. The molecule has 0 unspecified atom stereocenters. The highest BCUT2D eigenvalue weighted by Crippen LogP contribution is 2.16. The third-order valence-corrected chi connectivity index (χ3v) is 3.96. The van der Waals surface area contributed by atoms with Crippen LogP contribution in [0.4, 0.5) is 4.39 Å². The molecule has 0 bridgehead atoms. The lowest BCUT2D eigenvalue weighted by Gasteiger charge is -2.08. The first kappa shape index (κ1) is 17.5. The number of sulfonamides is 1. The predicted octanol–water partition coefficient (Wildman–Crippen LogP) is 0.201. The summed E-state index contributed by atoms with van der Waals surface area (Å²) in [5.74, 6) is -2.47. The average Bonchev–Trinajstić information content (AvgIpc) is 2.42. The summed E-state index contributed by atoms with van der Waals surface area (Å²) in [6, 6.07) is 2.58. The third-order valence-electron chi connectivity index (χ3n) is 2.46. The van der Waals surface area contributed by atoms with Gasteiger partial charge in [-0.15, -0.1) is 0 Å². The number of carboxylic acid groups (broad SMARTS) is 1. The molecule has 7 nitrogen and oxygen atoms in total. The maximum absolute atomic E-state index is 13.6. The van der Waals surface area contributed by atoms with Crippen molar-refractivity contribution in [3.8, 4) is 0 Å². The Labute approximate surface area is 121 Å². The summed E-state index contributed by atoms with van der Waals surface area (Å²) < 4.78 is 44.5. The SMILES string of the molecule is O=C(O)c1ccc(S(=O)(=O)NCCCOCCO)c(F)c1. The van der Waals surface area contributed by atoms with Crippen LogP contribution in [0.3, 0.4) is 0 Å². The number of carboxylic acids is 1. The molecule has 21 heavy (non-hydrogen) atoms. The molecular formula is C12H16FNO6S. The molecule has 3 N–H and O–H groups in total. The Morgan fingerprint density at radius 2 is 2.05 bits per heavy atom. The molecule has 0 radical (unpaired) electrons. The first-order valence-corrected chi connectivity index (χ1v) is 7.58. The Morgan fingerprint density at radius 3 is 2.62 bits per heavy atom. The fourth-order valence-electron chi connectivity index (χ4n) is 1.48. The number of hydrogen-bond donors (Lipinski definition) is 3. The van der Waals surface area contributed by atoms with Crippen molar-refractivity contribution in [1.82, 2.24) is 4.72 Å². The molecule has 0 heterocycles. The second kappa shape index (κ2) is 8.03. The van der Waals surface area contributed by atoms with Crippen molar-refractivity contribution in [2.75, 3.05) is 26.4 Å². The van der Waals surface area contributed by atoms with Crippen LogP contribution >= 0.6 is 0 Å². The molecular weight excluding hydrogens is 305 g/mol. The topological polar surface area (TPSA) is 113 Å². The second-order valence-electron chi connectivity index (χ2n) is 4.04. The van der Waals surface area contributed by atoms with Crippen LogP contribution in [0.15, 0.2) is 23.1 Å². The molecule has 0 spiro atoms. The monoisotopic (exact) mass is 321 g/mol. The van der Waals surface area contributed by atoms with Crippen molar-refractivity contribution < 1.29 is 32.6 Å². The number of carbonyl (C=O) groups is 1. The zero-order chi connectivity index (χ0) is 15.9. The van der Waals surface area contributed by atoms with E-state index >= 15 is 0 Å². The van der Waals surface area contributed by atoms with Gasteiger partial charge in [0.05, 0.1) is 18.8 Å². The number of halogens is 1. The van der Waals surface area contributed by atoms with Gasteiger partial charge < -0.3 is 14.9 Å². The van der Waals surface area contributed by atoms with Gasteiger partial charge in [-0.3, -0.25) is 0 Å². The molecule has 0 aromatic heterocycles. The Hall–Kier alpha value is -1.55. The summed E-state index contributed by atoms with van der Waals surface area (Å²) >= 11 is 0. The van der Waals surface area contributed by atoms with Crippen LogP contribution in [-0.4, -0.2) is 51.0 Å². The van der Waals surface area contributed by atoms with E-state index in [9.17, 15) is 17.6 Å². The van der Waals surface area contributed by atoms with Crippen LogP contribution in [0.2, 0.25) is 0 Å². The molecule has 0 fully saturated rings. The summed E-state index contributed by atoms with van der Waals surface area (Å²) in [6.07, 6.45) is 0.355. The van der Waals surface area contributed by atoms with Gasteiger partial charge in [0.25, 0.3) is 0 Å². The highest BCUT2D eigenvalue weighted by atomic mass is 32.2. The predicted molar refractivity (Wildman–Crippen MR) is 71.1 cm³/mol. The van der Waals surface area contributed by atoms with E-state index in [1.165, 1.54) is 0 Å². The first-order chi connectivity index (χ1) is 9.88. The molecule has 0 aliphatic heterocycles. The largest absolute Gasteiger partial charge is 0.478 e. The van der Waals surface area contributed by atoms with E-state index in [1.54, 1.807) is 0 Å². The minimum absolute atomic E-state index is 0.0356. The molecule has 0 saturated carbocycles. The van der Waals surface area contributed by atoms with Crippen LogP contribution in [0.1, 0.15) is 16.8 Å². The van der Waals surface area contributed by atoms with E-state index in [4.69, 9.17) is 14.9 Å². The highest BCUT2D eigenvalue weighted by molar-refractivity contribution is 7.89. The van der Waals surface area contributed by atoms with Gasteiger partial charge in [-0.05, 0) is 24.6 Å². The normalized spacial score (nSPS) is 11.5. The van der Waals surface area contributed by atoms with E-state index in [2.05, 4.69) is 4.72 Å². The molecule has 1 aromatic rings. The third kappa shape index (κ3) is 5.38. The van der Waals surface area contributed by atoms with Crippen molar-refractivity contribution in [3.05, 3.63) is 29.6 Å². The van der Waals surface area contributed by atoms with Gasteiger partial charge in [0, 0.05) is 13.2 Å². The molecule has 118 valence electrons. The van der Waals surface area contributed by atoms with E-state index in [0.29, 0.717) is 12.5 Å². The van der Waals surface area contributed by atoms with E-state index in [-0.39, 0.29) is 31.9 Å². The Morgan fingerprint density at radius 1 is 1.33 bits per heavy atom. The summed E-state index contributed by atoms with van der Waals surface area (Å²) in [7, 11) is -4.05. The minimum Gasteiger partial charge on any atom is -0.478 e. The maximum Gasteiger partial charge on any atom is 0.335 e. The van der Waals surface area contributed by atoms with Crippen molar-refractivity contribution >= 4 is 16.0 Å². The fraction of sp³-hybridized carbons (Fsp3) is 0.417. The molecule has 1 rings (SSSR count). The number of nitrogens with one attached hydrogen (secondary N) is 1. The van der Waals surface area contributed by atoms with Crippen molar-refractivity contribution in [1.29, 1.82) is 0 Å². The average molecular weight is 321 g/mol. The van der Waals surface area contributed by atoms with Gasteiger partial charge in [0.15, 0.2) is 0 Å². The lowest BCUT2D eigenvalue weighted by molar-refractivity contribution is 0.0696. The Balaban J connectivity index is 2.64. The van der Waals surface area contributed by atoms with Gasteiger partial charge >= 0.3 is 5.97 Å². The molecule has 1 aromatic carbocycles. The molecule has 0 amide bonds. The Bertz CT molecular complexity index is 589. The van der Waals surface area contributed by atoms with Gasteiger partial charge in [-0.25, -0.2) is 22.3 Å². The van der Waals surface area contributed by atoms with E-state index < -0.39 is 26.7 Å². The van der Waals surface area contributed by atoms with Crippen molar-refractivity contribution in [3.63, 3.8) is 0 Å². The second-order valence-corrected chi connectivity index (χ2v) is 5.77. The Kier molecular flexibility index (Phi) is 6.69. The summed E-state index contributed by atoms with van der Waals surface area (Å²) in [6.45, 7) is 0.336. The maximum atomic E-state index is 13.6. The number of rotatable bonds is 9. The van der Waals surface area contributed by atoms with Gasteiger partial charge in [-0.1, -0.05) is 0 Å². The van der Waals surface area contributed by atoms with Gasteiger partial charge in [0.1, 0.15) is 10.7 Å². The smallest absolute Gasteiger partial charge is 0.335 e. The first-order valence-electron chi connectivity index (χ1n) is 6.09. The van der Waals surface area contributed by atoms with Crippen LogP contribution < -0.4 is 4.72 Å². The molecule has 0 aliphatic carbocycles. The number of aliphatic hydroxyl groups excluding tert-OH is 1. The fourth-order valence-corrected chi connectivity index (χ4v) is 2.61. The number of aliphatic hydroxyl groups is 1. The van der Waals surface area contributed by atoms with Crippen LogP contribution in [-0.2, 0) is 14.8 Å². The van der Waals surface area contributed by atoms with Crippen LogP contribution in [0, 0.1) is 5.82 Å². The molecule has 0 saturated heterocycles. The summed E-state index contributed by atoms with van der Waals surface area (Å²) in [5, 5.41) is 17.2. The number of ether oxygens (including phenoxy) is 1. The molecule has 0 atom stereocenters. The molecule has 9 heteroatoms. The van der Waals surface area contributed by atoms with Crippen LogP contribution in [0.25, 0.3) is 0 Å². The highest BCUT2D eigenvalue weighted by Gasteiger charge is 2.19. The summed E-state index contributed by atoms with van der Waals surface area (Å²) in [5.41, 5.74) is -0.330. The van der Waals surface area contributed by atoms with Crippen molar-refractivity contribution in [2.24, 2.45) is 0 Å². The van der Waals surface area contributed by atoms with Crippen molar-refractivity contribution in [2.45, 2.75) is 11.3 Å².